The van der Waals surface area contributed by atoms with Crippen molar-refractivity contribution in [2.75, 3.05) is 12.4 Å². The average molecular weight is 274 g/mol. The van der Waals surface area contributed by atoms with E-state index in [1.54, 1.807) is 13.2 Å². The zero-order valence-electron chi connectivity index (χ0n) is 10.2. The summed E-state index contributed by atoms with van der Waals surface area (Å²) in [5.74, 6) is 0.503. The molecule has 19 heavy (non-hydrogen) atoms. The standard InChI is InChI=1S/C14H11FN2OS/c1-18-11-4-2-3-10(8-11)16-14-17-12-7-9(15)5-6-13(12)19-14/h2-8H,1H3,(H,16,17). The van der Waals surface area contributed by atoms with Crippen molar-refractivity contribution < 1.29 is 9.13 Å². The summed E-state index contributed by atoms with van der Waals surface area (Å²) in [7, 11) is 1.62. The molecule has 1 heterocycles. The van der Waals surface area contributed by atoms with E-state index in [1.165, 1.54) is 23.5 Å². The summed E-state index contributed by atoms with van der Waals surface area (Å²) in [4.78, 5) is 4.35. The van der Waals surface area contributed by atoms with Crippen LogP contribution in [0.25, 0.3) is 10.2 Å². The number of halogens is 1. The lowest BCUT2D eigenvalue weighted by atomic mass is 10.3. The van der Waals surface area contributed by atoms with Crippen LogP contribution in [-0.2, 0) is 0 Å². The molecule has 0 unspecified atom stereocenters. The van der Waals surface area contributed by atoms with Crippen LogP contribution in [-0.4, -0.2) is 12.1 Å². The molecule has 2 aromatic carbocycles. The Morgan fingerprint density at radius 3 is 2.95 bits per heavy atom. The van der Waals surface area contributed by atoms with Gasteiger partial charge >= 0.3 is 0 Å². The molecule has 3 aromatic rings. The van der Waals surface area contributed by atoms with Gasteiger partial charge in [-0.15, -0.1) is 0 Å². The van der Waals surface area contributed by atoms with Crippen LogP contribution in [0.3, 0.4) is 0 Å². The van der Waals surface area contributed by atoms with E-state index < -0.39 is 0 Å². The quantitative estimate of drug-likeness (QED) is 0.777. The van der Waals surface area contributed by atoms with E-state index in [1.807, 2.05) is 24.3 Å². The molecule has 0 fully saturated rings. The molecule has 5 heteroatoms. The molecular formula is C14H11FN2OS. The molecule has 1 N–H and O–H groups in total. The van der Waals surface area contributed by atoms with Crippen molar-refractivity contribution in [3.63, 3.8) is 0 Å². The normalized spacial score (nSPS) is 10.6. The highest BCUT2D eigenvalue weighted by atomic mass is 32.1. The summed E-state index contributed by atoms with van der Waals surface area (Å²) in [6.45, 7) is 0. The van der Waals surface area contributed by atoms with E-state index in [2.05, 4.69) is 10.3 Å². The second-order valence-corrected chi connectivity index (χ2v) is 5.02. The second-order valence-electron chi connectivity index (χ2n) is 3.99. The van der Waals surface area contributed by atoms with Crippen molar-refractivity contribution in [1.82, 2.24) is 4.98 Å². The third kappa shape index (κ3) is 2.51. The average Bonchev–Trinajstić information content (AvgIpc) is 2.80. The molecule has 0 saturated carbocycles. The number of rotatable bonds is 3. The van der Waals surface area contributed by atoms with Gasteiger partial charge < -0.3 is 10.1 Å². The summed E-state index contributed by atoms with van der Waals surface area (Å²) in [6, 6.07) is 12.2. The smallest absolute Gasteiger partial charge is 0.188 e. The summed E-state index contributed by atoms with van der Waals surface area (Å²) < 4.78 is 19.2. The molecule has 0 spiro atoms. The third-order valence-corrected chi connectivity index (χ3v) is 3.62. The van der Waals surface area contributed by atoms with Crippen molar-refractivity contribution in [2.24, 2.45) is 0 Å². The van der Waals surface area contributed by atoms with Gasteiger partial charge in [-0.2, -0.15) is 0 Å². The lowest BCUT2D eigenvalue weighted by molar-refractivity contribution is 0.415. The molecule has 3 nitrogen and oxygen atoms in total. The number of methoxy groups -OCH3 is 1. The van der Waals surface area contributed by atoms with Crippen LogP contribution in [0, 0.1) is 5.82 Å². The largest absolute Gasteiger partial charge is 0.497 e. The van der Waals surface area contributed by atoms with Gasteiger partial charge in [0.1, 0.15) is 11.6 Å². The van der Waals surface area contributed by atoms with Gasteiger partial charge in [0.05, 0.1) is 17.3 Å². The topological polar surface area (TPSA) is 34.1 Å². The van der Waals surface area contributed by atoms with E-state index in [9.17, 15) is 4.39 Å². The zero-order chi connectivity index (χ0) is 13.2. The van der Waals surface area contributed by atoms with E-state index in [0.717, 1.165) is 21.3 Å². The van der Waals surface area contributed by atoms with Gasteiger partial charge in [-0.1, -0.05) is 17.4 Å². The Hall–Kier alpha value is -2.14. The first kappa shape index (κ1) is 11.9. The van der Waals surface area contributed by atoms with E-state index in [4.69, 9.17) is 4.74 Å². The summed E-state index contributed by atoms with van der Waals surface area (Å²) in [6.07, 6.45) is 0. The molecule has 1 aromatic heterocycles. The number of nitrogens with one attached hydrogen (secondary N) is 1. The number of fused-ring (bicyclic) bond motifs is 1. The van der Waals surface area contributed by atoms with Crippen molar-refractivity contribution in [2.45, 2.75) is 0 Å². The number of benzene rings is 2. The minimum absolute atomic E-state index is 0.272. The predicted octanol–water partition coefficient (Wildman–Crippen LogP) is 4.19. The minimum Gasteiger partial charge on any atom is -0.497 e. The molecule has 0 amide bonds. The summed E-state index contributed by atoms with van der Waals surface area (Å²) >= 11 is 1.48. The molecule has 0 atom stereocenters. The Morgan fingerprint density at radius 2 is 2.11 bits per heavy atom. The van der Waals surface area contributed by atoms with E-state index in [0.29, 0.717) is 5.52 Å². The van der Waals surface area contributed by atoms with Gasteiger partial charge in [0.2, 0.25) is 0 Å². The molecule has 0 aliphatic carbocycles. The SMILES string of the molecule is COc1cccc(Nc2nc3cc(F)ccc3s2)c1. The maximum Gasteiger partial charge on any atom is 0.188 e. The first-order valence-corrected chi connectivity index (χ1v) is 6.53. The fraction of sp³-hybridized carbons (Fsp3) is 0.0714. The number of anilines is 2. The minimum atomic E-state index is -0.272. The van der Waals surface area contributed by atoms with E-state index in [-0.39, 0.29) is 5.82 Å². The lowest BCUT2D eigenvalue weighted by Crippen LogP contribution is -1.90. The molecule has 96 valence electrons. The van der Waals surface area contributed by atoms with Crippen LogP contribution in [0.5, 0.6) is 5.75 Å². The number of hydrogen-bond donors (Lipinski definition) is 1. The molecule has 0 radical (unpaired) electrons. The highest BCUT2D eigenvalue weighted by Gasteiger charge is 2.05. The molecule has 3 rings (SSSR count). The van der Waals surface area contributed by atoms with Crippen LogP contribution in [0.4, 0.5) is 15.2 Å². The van der Waals surface area contributed by atoms with Gasteiger partial charge in [-0.3, -0.25) is 0 Å². The Morgan fingerprint density at radius 1 is 1.21 bits per heavy atom. The zero-order valence-corrected chi connectivity index (χ0v) is 11.0. The molecular weight excluding hydrogens is 263 g/mol. The first-order chi connectivity index (χ1) is 9.24. The third-order valence-electron chi connectivity index (χ3n) is 2.67. The Kier molecular flexibility index (Phi) is 3.05. The number of nitrogens with zero attached hydrogens (tertiary/aromatic N) is 1. The Balaban J connectivity index is 1.92. The fourth-order valence-corrected chi connectivity index (χ4v) is 2.64. The van der Waals surface area contributed by atoms with Crippen molar-refractivity contribution in [3.05, 3.63) is 48.3 Å². The van der Waals surface area contributed by atoms with Gasteiger partial charge in [0, 0.05) is 17.8 Å². The monoisotopic (exact) mass is 274 g/mol. The van der Waals surface area contributed by atoms with Gasteiger partial charge in [0.25, 0.3) is 0 Å². The fourth-order valence-electron chi connectivity index (χ4n) is 1.78. The summed E-state index contributed by atoms with van der Waals surface area (Å²) in [5, 5.41) is 3.92. The van der Waals surface area contributed by atoms with E-state index >= 15 is 0 Å². The molecule has 0 aliphatic rings. The van der Waals surface area contributed by atoms with Gasteiger partial charge in [-0.05, 0) is 24.3 Å². The van der Waals surface area contributed by atoms with Gasteiger partial charge in [-0.25, -0.2) is 9.37 Å². The van der Waals surface area contributed by atoms with Crippen molar-refractivity contribution in [1.29, 1.82) is 0 Å². The maximum absolute atomic E-state index is 13.1. The molecule has 0 bridgehead atoms. The van der Waals surface area contributed by atoms with Crippen LogP contribution >= 0.6 is 11.3 Å². The van der Waals surface area contributed by atoms with Crippen LogP contribution in [0.2, 0.25) is 0 Å². The van der Waals surface area contributed by atoms with Crippen LogP contribution in [0.15, 0.2) is 42.5 Å². The second kappa shape index (κ2) is 4.85. The molecule has 0 saturated heterocycles. The number of aromatic nitrogens is 1. The molecule has 0 aliphatic heterocycles. The summed E-state index contributed by atoms with van der Waals surface area (Å²) in [5.41, 5.74) is 1.55. The first-order valence-electron chi connectivity index (χ1n) is 5.72. The van der Waals surface area contributed by atoms with Crippen LogP contribution in [0.1, 0.15) is 0 Å². The van der Waals surface area contributed by atoms with Crippen molar-refractivity contribution in [3.8, 4) is 5.75 Å². The maximum atomic E-state index is 13.1. The van der Waals surface area contributed by atoms with Crippen LogP contribution < -0.4 is 10.1 Å². The van der Waals surface area contributed by atoms with Crippen molar-refractivity contribution >= 4 is 32.4 Å². The number of hydrogen-bond acceptors (Lipinski definition) is 4. The lowest BCUT2D eigenvalue weighted by Gasteiger charge is -2.04. The Labute approximate surface area is 113 Å². The van der Waals surface area contributed by atoms with Gasteiger partial charge in [0.15, 0.2) is 5.13 Å². The Bertz CT molecular complexity index is 726. The number of thiazole rings is 1. The highest BCUT2D eigenvalue weighted by molar-refractivity contribution is 7.22. The predicted molar refractivity (Wildman–Crippen MR) is 75.9 cm³/mol. The highest BCUT2D eigenvalue weighted by Crippen LogP contribution is 2.29. The number of ether oxygens (including phenoxy) is 1.